The van der Waals surface area contributed by atoms with Gasteiger partial charge in [-0.3, -0.25) is 29.4 Å². The molecule has 10 nitrogen and oxygen atoms in total. The molecule has 2 N–H and O–H groups in total. The van der Waals surface area contributed by atoms with Crippen LogP contribution in [0.5, 0.6) is 5.75 Å². The van der Waals surface area contributed by atoms with Crippen LogP contribution < -0.4 is 10.1 Å². The number of rotatable bonds is 7. The molecule has 0 saturated carbocycles. The minimum atomic E-state index is -1.20. The predicted molar refractivity (Wildman–Crippen MR) is 101 cm³/mol. The van der Waals surface area contributed by atoms with Crippen molar-refractivity contribution in [3.63, 3.8) is 0 Å². The number of nitrogens with zero attached hydrogens (tertiary/aromatic N) is 2. The maximum atomic E-state index is 12.5. The molecule has 1 atom stereocenters. The van der Waals surface area contributed by atoms with Gasteiger partial charge in [-0.2, -0.15) is 0 Å². The number of imide groups is 1. The SMILES string of the molecule is CC(=O)Nc1ccc(OCC(O)CN2C(=O)c3cccc([N+](=O)[O-])c3C2=O)cc1. The van der Waals surface area contributed by atoms with Gasteiger partial charge in [0.1, 0.15) is 24.0 Å². The van der Waals surface area contributed by atoms with Gasteiger partial charge < -0.3 is 15.2 Å². The van der Waals surface area contributed by atoms with E-state index < -0.39 is 28.5 Å². The highest BCUT2D eigenvalue weighted by molar-refractivity contribution is 6.23. The Morgan fingerprint density at radius 2 is 1.90 bits per heavy atom. The normalized spacial score (nSPS) is 13.8. The first-order chi connectivity index (χ1) is 13.8. The lowest BCUT2D eigenvalue weighted by Gasteiger charge is -2.18. The first-order valence-corrected chi connectivity index (χ1v) is 8.60. The summed E-state index contributed by atoms with van der Waals surface area (Å²) in [5.74, 6) is -1.32. The largest absolute Gasteiger partial charge is 0.491 e. The van der Waals surface area contributed by atoms with Gasteiger partial charge in [0.2, 0.25) is 5.91 Å². The highest BCUT2D eigenvalue weighted by atomic mass is 16.6. The monoisotopic (exact) mass is 399 g/mol. The zero-order valence-corrected chi connectivity index (χ0v) is 15.3. The number of carbonyl (C=O) groups excluding carboxylic acids is 3. The minimum Gasteiger partial charge on any atom is -0.491 e. The smallest absolute Gasteiger partial charge is 0.282 e. The van der Waals surface area contributed by atoms with E-state index in [0.29, 0.717) is 11.4 Å². The van der Waals surface area contributed by atoms with E-state index in [1.165, 1.54) is 19.1 Å². The number of β-amino-alcohol motifs (C(OH)–C–C–N with tert-alkyl or cyclic N) is 1. The Bertz CT molecular complexity index is 988. The van der Waals surface area contributed by atoms with E-state index in [0.717, 1.165) is 11.0 Å². The molecule has 2 aromatic carbocycles. The molecule has 0 bridgehead atoms. The summed E-state index contributed by atoms with van der Waals surface area (Å²) in [6.45, 7) is 0.803. The number of nitro groups is 1. The van der Waals surface area contributed by atoms with Gasteiger partial charge in [-0.15, -0.1) is 0 Å². The van der Waals surface area contributed by atoms with E-state index in [1.54, 1.807) is 24.3 Å². The maximum Gasteiger partial charge on any atom is 0.282 e. The zero-order chi connectivity index (χ0) is 21.1. The second kappa shape index (κ2) is 8.07. The van der Waals surface area contributed by atoms with E-state index >= 15 is 0 Å². The number of nitrogens with one attached hydrogen (secondary N) is 1. The van der Waals surface area contributed by atoms with Crippen LogP contribution in [0, 0.1) is 10.1 Å². The summed E-state index contributed by atoms with van der Waals surface area (Å²) in [5.41, 5.74) is -0.207. The van der Waals surface area contributed by atoms with Crippen LogP contribution in [0.1, 0.15) is 27.6 Å². The van der Waals surface area contributed by atoms with Crippen molar-refractivity contribution in [3.8, 4) is 5.75 Å². The topological polar surface area (TPSA) is 139 Å². The van der Waals surface area contributed by atoms with Crippen LogP contribution in [0.2, 0.25) is 0 Å². The first kappa shape index (κ1) is 20.0. The molecular weight excluding hydrogens is 382 g/mol. The van der Waals surface area contributed by atoms with Crippen LogP contribution in [-0.2, 0) is 4.79 Å². The molecule has 0 aliphatic carbocycles. The third-order valence-corrected chi connectivity index (χ3v) is 4.18. The summed E-state index contributed by atoms with van der Waals surface area (Å²) in [5, 5.41) is 23.9. The van der Waals surface area contributed by atoms with Crippen molar-refractivity contribution in [1.82, 2.24) is 4.90 Å². The van der Waals surface area contributed by atoms with E-state index in [2.05, 4.69) is 5.32 Å². The summed E-state index contributed by atoms with van der Waals surface area (Å²) in [4.78, 5) is 47.1. The van der Waals surface area contributed by atoms with Crippen molar-refractivity contribution in [2.75, 3.05) is 18.5 Å². The molecule has 0 radical (unpaired) electrons. The third-order valence-electron chi connectivity index (χ3n) is 4.18. The van der Waals surface area contributed by atoms with Crippen LogP contribution in [0.15, 0.2) is 42.5 Å². The van der Waals surface area contributed by atoms with Gasteiger partial charge in [0.05, 0.1) is 17.0 Å². The zero-order valence-electron chi connectivity index (χ0n) is 15.3. The maximum absolute atomic E-state index is 12.5. The number of amides is 3. The Kier molecular flexibility index (Phi) is 5.55. The molecule has 0 aromatic heterocycles. The van der Waals surface area contributed by atoms with Gasteiger partial charge >= 0.3 is 0 Å². The number of anilines is 1. The molecule has 2 aromatic rings. The predicted octanol–water partition coefficient (Wildman–Crippen LogP) is 1.59. The Balaban J connectivity index is 1.62. The van der Waals surface area contributed by atoms with Gasteiger partial charge in [0.15, 0.2) is 0 Å². The lowest BCUT2D eigenvalue weighted by molar-refractivity contribution is -0.385. The number of nitro benzene ring substituents is 1. The quantitative estimate of drug-likeness (QED) is 0.409. The Morgan fingerprint density at radius 1 is 1.21 bits per heavy atom. The van der Waals surface area contributed by atoms with Crippen molar-refractivity contribution in [1.29, 1.82) is 0 Å². The number of hydrogen-bond acceptors (Lipinski definition) is 7. The summed E-state index contributed by atoms with van der Waals surface area (Å²) in [6, 6.07) is 10.2. The average molecular weight is 399 g/mol. The number of hydrogen-bond donors (Lipinski definition) is 2. The Labute approximate surface area is 164 Å². The van der Waals surface area contributed by atoms with Crippen LogP contribution in [0.3, 0.4) is 0 Å². The fraction of sp³-hybridized carbons (Fsp3) is 0.211. The van der Waals surface area contributed by atoms with Crippen LogP contribution in [0.4, 0.5) is 11.4 Å². The molecule has 29 heavy (non-hydrogen) atoms. The van der Waals surface area contributed by atoms with Gasteiger partial charge in [-0.05, 0) is 30.3 Å². The van der Waals surface area contributed by atoms with Gasteiger partial charge in [-0.1, -0.05) is 6.07 Å². The van der Waals surface area contributed by atoms with E-state index in [-0.39, 0.29) is 30.2 Å². The van der Waals surface area contributed by atoms with Crippen molar-refractivity contribution >= 4 is 29.1 Å². The second-order valence-corrected chi connectivity index (χ2v) is 6.35. The standard InChI is InChI=1S/C19H17N3O7/c1-11(23)20-12-5-7-14(8-6-12)29-10-13(24)9-21-18(25)15-3-2-4-16(22(27)28)17(15)19(21)26/h2-8,13,24H,9-10H2,1H3,(H,20,23). The molecule has 0 fully saturated rings. The summed E-state index contributed by atoms with van der Waals surface area (Å²) in [7, 11) is 0. The van der Waals surface area contributed by atoms with Crippen molar-refractivity contribution in [2.45, 2.75) is 13.0 Å². The second-order valence-electron chi connectivity index (χ2n) is 6.35. The van der Waals surface area contributed by atoms with Gasteiger partial charge in [0, 0.05) is 18.7 Å². The number of aliphatic hydroxyl groups is 1. The number of aliphatic hydroxyl groups excluding tert-OH is 1. The van der Waals surface area contributed by atoms with Gasteiger partial charge in [0.25, 0.3) is 17.5 Å². The molecule has 3 amide bonds. The summed E-state index contributed by atoms with van der Waals surface area (Å²) in [6.07, 6.45) is -1.20. The Hall–Kier alpha value is -3.79. The van der Waals surface area contributed by atoms with Crippen LogP contribution in [-0.4, -0.2) is 51.9 Å². The van der Waals surface area contributed by atoms with Crippen molar-refractivity contribution in [2.24, 2.45) is 0 Å². The highest BCUT2D eigenvalue weighted by Crippen LogP contribution is 2.30. The van der Waals surface area contributed by atoms with Crippen molar-refractivity contribution < 1.29 is 29.2 Å². The highest BCUT2D eigenvalue weighted by Gasteiger charge is 2.41. The summed E-state index contributed by atoms with van der Waals surface area (Å²) >= 11 is 0. The number of benzene rings is 2. The van der Waals surface area contributed by atoms with Crippen molar-refractivity contribution in [3.05, 3.63) is 63.7 Å². The third kappa shape index (κ3) is 4.22. The molecule has 0 saturated heterocycles. The first-order valence-electron chi connectivity index (χ1n) is 8.60. The molecule has 10 heteroatoms. The number of carbonyl (C=O) groups is 3. The molecule has 150 valence electrons. The molecule has 1 aliphatic heterocycles. The summed E-state index contributed by atoms with van der Waals surface area (Å²) < 4.78 is 5.43. The van der Waals surface area contributed by atoms with E-state index in [9.17, 15) is 29.6 Å². The van der Waals surface area contributed by atoms with Crippen LogP contribution >= 0.6 is 0 Å². The number of ether oxygens (including phenoxy) is 1. The molecule has 1 aliphatic rings. The molecule has 1 unspecified atom stereocenters. The average Bonchev–Trinajstić information content (AvgIpc) is 2.92. The van der Waals surface area contributed by atoms with E-state index in [1.807, 2.05) is 0 Å². The number of fused-ring (bicyclic) bond motifs is 1. The van der Waals surface area contributed by atoms with Crippen LogP contribution in [0.25, 0.3) is 0 Å². The molecular formula is C19H17N3O7. The molecule has 3 rings (SSSR count). The molecule has 1 heterocycles. The molecule has 0 spiro atoms. The lowest BCUT2D eigenvalue weighted by Crippen LogP contribution is -2.39. The van der Waals surface area contributed by atoms with E-state index in [4.69, 9.17) is 4.74 Å². The lowest BCUT2D eigenvalue weighted by atomic mass is 10.1. The fourth-order valence-electron chi connectivity index (χ4n) is 2.93. The fourth-order valence-corrected chi connectivity index (χ4v) is 2.93. The van der Waals surface area contributed by atoms with Gasteiger partial charge in [-0.25, -0.2) is 0 Å². The Morgan fingerprint density at radius 3 is 2.52 bits per heavy atom. The minimum absolute atomic E-state index is 0.0640.